The number of halogens is 3. The molecule has 2 rings (SSSR count). The first-order valence-electron chi connectivity index (χ1n) is 6.76. The molecular weight excluding hydrogens is 277 g/mol. The Morgan fingerprint density at radius 1 is 1.00 bits per heavy atom. The van der Waals surface area contributed by atoms with Crippen LogP contribution < -0.4 is 5.32 Å². The minimum absolute atomic E-state index is 0.0986. The van der Waals surface area contributed by atoms with Crippen molar-refractivity contribution in [1.29, 1.82) is 0 Å². The topological polar surface area (TPSA) is 17.0 Å². The van der Waals surface area contributed by atoms with E-state index in [2.05, 4.69) is 5.32 Å². The molecule has 0 spiro atoms. The number of hydrogen-bond acceptors (Lipinski definition) is 1. The van der Waals surface area contributed by atoms with Crippen molar-refractivity contribution in [3.05, 3.63) is 53.9 Å². The van der Waals surface area contributed by atoms with Crippen LogP contribution in [0.25, 0.3) is 5.69 Å². The molecule has 1 N–H and O–H groups in total. The highest BCUT2D eigenvalue weighted by Crippen LogP contribution is 2.34. The van der Waals surface area contributed by atoms with Crippen LogP contribution in [0.2, 0.25) is 0 Å². The van der Waals surface area contributed by atoms with Crippen LogP contribution in [0.15, 0.2) is 42.6 Å². The van der Waals surface area contributed by atoms with Gasteiger partial charge in [-0.05, 0) is 45.0 Å². The number of benzene rings is 1. The van der Waals surface area contributed by atoms with E-state index in [4.69, 9.17) is 0 Å². The molecule has 1 aromatic carbocycles. The maximum Gasteiger partial charge on any atom is 0.418 e. The molecule has 0 bridgehead atoms. The van der Waals surface area contributed by atoms with E-state index in [1.165, 1.54) is 12.1 Å². The van der Waals surface area contributed by atoms with Crippen molar-refractivity contribution in [3.8, 4) is 5.69 Å². The van der Waals surface area contributed by atoms with Gasteiger partial charge in [0.15, 0.2) is 0 Å². The second-order valence-corrected chi connectivity index (χ2v) is 5.99. The minimum Gasteiger partial charge on any atom is -0.319 e. The molecule has 0 atom stereocenters. The lowest BCUT2D eigenvalue weighted by atomic mass is 10.1. The first kappa shape index (κ1) is 15.6. The maximum absolute atomic E-state index is 13.1. The summed E-state index contributed by atoms with van der Waals surface area (Å²) >= 11 is 0. The summed E-state index contributed by atoms with van der Waals surface area (Å²) in [6.07, 6.45) is -2.71. The average Bonchev–Trinajstić information content (AvgIpc) is 2.82. The van der Waals surface area contributed by atoms with Crippen LogP contribution in [0.5, 0.6) is 0 Å². The molecule has 0 radical (unpaired) electrons. The summed E-state index contributed by atoms with van der Waals surface area (Å²) in [5.74, 6) is 0. The second-order valence-electron chi connectivity index (χ2n) is 5.99. The Morgan fingerprint density at radius 3 is 2.29 bits per heavy atom. The summed E-state index contributed by atoms with van der Waals surface area (Å²) in [4.78, 5) is 0. The Balaban J connectivity index is 2.38. The molecule has 0 aliphatic heterocycles. The van der Waals surface area contributed by atoms with Crippen LogP contribution in [0.1, 0.15) is 32.0 Å². The minimum atomic E-state index is -4.37. The summed E-state index contributed by atoms with van der Waals surface area (Å²) in [7, 11) is 0. The average molecular weight is 296 g/mol. The molecule has 0 unspecified atom stereocenters. The van der Waals surface area contributed by atoms with E-state index in [9.17, 15) is 13.2 Å². The lowest BCUT2D eigenvalue weighted by Gasteiger charge is -2.22. The highest BCUT2D eigenvalue weighted by atomic mass is 19.4. The van der Waals surface area contributed by atoms with Crippen molar-refractivity contribution < 1.29 is 13.2 Å². The van der Waals surface area contributed by atoms with E-state index in [0.717, 1.165) is 11.8 Å². The van der Waals surface area contributed by atoms with Gasteiger partial charge in [-0.3, -0.25) is 0 Å². The third-order valence-corrected chi connectivity index (χ3v) is 3.10. The van der Waals surface area contributed by atoms with Gasteiger partial charge in [-0.25, -0.2) is 0 Å². The highest BCUT2D eigenvalue weighted by molar-refractivity contribution is 5.44. The number of nitrogens with zero attached hydrogens (tertiary/aromatic N) is 1. The number of aromatic nitrogens is 1. The van der Waals surface area contributed by atoms with E-state index >= 15 is 0 Å². The van der Waals surface area contributed by atoms with Crippen molar-refractivity contribution in [2.24, 2.45) is 0 Å². The Kier molecular flexibility index (Phi) is 4.14. The fraction of sp³-hybridized carbons (Fsp3) is 0.375. The number of hydrogen-bond donors (Lipinski definition) is 1. The second kappa shape index (κ2) is 5.56. The first-order chi connectivity index (χ1) is 9.68. The van der Waals surface area contributed by atoms with E-state index in [1.807, 2.05) is 26.8 Å². The highest BCUT2D eigenvalue weighted by Gasteiger charge is 2.33. The molecule has 0 saturated heterocycles. The number of nitrogens with one attached hydrogen (secondary N) is 1. The molecule has 0 saturated carbocycles. The van der Waals surface area contributed by atoms with E-state index in [-0.39, 0.29) is 11.2 Å². The van der Waals surface area contributed by atoms with Gasteiger partial charge in [0, 0.05) is 24.0 Å². The van der Waals surface area contributed by atoms with Gasteiger partial charge in [0.05, 0.1) is 11.3 Å². The Hall–Kier alpha value is -1.75. The molecular formula is C16H19F3N2. The van der Waals surface area contributed by atoms with Crippen LogP contribution in [0, 0.1) is 0 Å². The standard InChI is InChI=1S/C16H19F3N2/c1-15(2,3)20-11-12-7-6-10-21(12)14-9-5-4-8-13(14)16(17,18)19/h4-10,20H,11H2,1-3H3. The predicted molar refractivity (Wildman–Crippen MR) is 77.4 cm³/mol. The molecule has 1 aromatic heterocycles. The van der Waals surface area contributed by atoms with Gasteiger partial charge in [-0.15, -0.1) is 0 Å². The SMILES string of the molecule is CC(C)(C)NCc1cccn1-c1ccccc1C(F)(F)F. The fourth-order valence-corrected chi connectivity index (χ4v) is 2.07. The molecule has 0 amide bonds. The summed E-state index contributed by atoms with van der Waals surface area (Å²) < 4.78 is 40.9. The van der Waals surface area contributed by atoms with Crippen LogP contribution in [0.4, 0.5) is 13.2 Å². The molecule has 114 valence electrons. The number of rotatable bonds is 3. The Labute approximate surface area is 122 Å². The normalized spacial score (nSPS) is 12.7. The molecule has 2 aromatic rings. The lowest BCUT2D eigenvalue weighted by molar-refractivity contribution is -0.137. The molecule has 1 heterocycles. The van der Waals surface area contributed by atoms with E-state index in [0.29, 0.717) is 6.54 Å². The molecule has 2 nitrogen and oxygen atoms in total. The van der Waals surface area contributed by atoms with Gasteiger partial charge >= 0.3 is 6.18 Å². The molecule has 0 aliphatic rings. The quantitative estimate of drug-likeness (QED) is 0.889. The van der Waals surface area contributed by atoms with Gasteiger partial charge in [0.1, 0.15) is 0 Å². The zero-order chi connectivity index (χ0) is 15.7. The van der Waals surface area contributed by atoms with Gasteiger partial charge in [0.2, 0.25) is 0 Å². The third-order valence-electron chi connectivity index (χ3n) is 3.10. The Morgan fingerprint density at radius 2 is 1.67 bits per heavy atom. The third kappa shape index (κ3) is 3.88. The summed E-state index contributed by atoms with van der Waals surface area (Å²) in [6.45, 7) is 6.56. The van der Waals surface area contributed by atoms with Gasteiger partial charge in [-0.2, -0.15) is 13.2 Å². The van der Waals surface area contributed by atoms with Crippen LogP contribution in [-0.2, 0) is 12.7 Å². The molecule has 0 aliphatic carbocycles. The van der Waals surface area contributed by atoms with Crippen LogP contribution in [-0.4, -0.2) is 10.1 Å². The largest absolute Gasteiger partial charge is 0.418 e. The van der Waals surface area contributed by atoms with Crippen molar-refractivity contribution in [2.75, 3.05) is 0 Å². The van der Waals surface area contributed by atoms with Crippen molar-refractivity contribution in [3.63, 3.8) is 0 Å². The van der Waals surface area contributed by atoms with Gasteiger partial charge in [0.25, 0.3) is 0 Å². The summed E-state index contributed by atoms with van der Waals surface area (Å²) in [5.41, 5.74) is 0.221. The lowest BCUT2D eigenvalue weighted by Crippen LogP contribution is -2.35. The van der Waals surface area contributed by atoms with Gasteiger partial charge < -0.3 is 9.88 Å². The van der Waals surface area contributed by atoms with Crippen molar-refractivity contribution >= 4 is 0 Å². The maximum atomic E-state index is 13.1. The van der Waals surface area contributed by atoms with Crippen molar-refractivity contribution in [1.82, 2.24) is 9.88 Å². The fourth-order valence-electron chi connectivity index (χ4n) is 2.07. The molecule has 5 heteroatoms. The van der Waals surface area contributed by atoms with E-state index in [1.54, 1.807) is 22.9 Å². The van der Waals surface area contributed by atoms with Gasteiger partial charge in [-0.1, -0.05) is 12.1 Å². The monoisotopic (exact) mass is 296 g/mol. The van der Waals surface area contributed by atoms with Crippen LogP contribution in [0.3, 0.4) is 0 Å². The molecule has 0 fully saturated rings. The predicted octanol–water partition coefficient (Wildman–Crippen LogP) is 4.38. The number of alkyl halides is 3. The zero-order valence-electron chi connectivity index (χ0n) is 12.3. The first-order valence-corrected chi connectivity index (χ1v) is 6.76. The Bertz CT molecular complexity index is 606. The smallest absolute Gasteiger partial charge is 0.319 e. The molecule has 21 heavy (non-hydrogen) atoms. The van der Waals surface area contributed by atoms with E-state index < -0.39 is 11.7 Å². The van der Waals surface area contributed by atoms with Crippen LogP contribution >= 0.6 is 0 Å². The van der Waals surface area contributed by atoms with Crippen molar-refractivity contribution in [2.45, 2.75) is 39.0 Å². The summed E-state index contributed by atoms with van der Waals surface area (Å²) in [6, 6.07) is 9.20. The summed E-state index contributed by atoms with van der Waals surface area (Å²) in [5, 5.41) is 3.29. The number of para-hydroxylation sites is 1. The zero-order valence-corrected chi connectivity index (χ0v) is 12.3.